The topological polar surface area (TPSA) is 17.1 Å². The molecule has 0 saturated heterocycles. The van der Waals surface area contributed by atoms with Gasteiger partial charge in [0, 0.05) is 15.1 Å². The van der Waals surface area contributed by atoms with E-state index in [-0.39, 0.29) is 0 Å². The van der Waals surface area contributed by atoms with Crippen LogP contribution in [0.1, 0.15) is 35.2 Å². The van der Waals surface area contributed by atoms with Crippen LogP contribution in [-0.2, 0) is 0 Å². The first-order valence-electron chi connectivity index (χ1n) is 4.99. The molecule has 0 amide bonds. The number of benzene rings is 1. The Morgan fingerprint density at radius 1 is 1.43 bits per heavy atom. The lowest BCUT2D eigenvalue weighted by Crippen LogP contribution is -2.22. The first-order chi connectivity index (χ1) is 6.68. The van der Waals surface area contributed by atoms with E-state index in [4.69, 9.17) is 0 Å². The molecule has 0 aliphatic heterocycles. The van der Waals surface area contributed by atoms with Gasteiger partial charge in [0.1, 0.15) is 0 Å². The van der Waals surface area contributed by atoms with Crippen LogP contribution in [0.3, 0.4) is 0 Å². The fraction of sp³-hybridized carbons (Fsp3) is 0.417. The standard InChI is InChI=1S/C12H13IO/c1-8-7-10(13)5-6-11(8)12(14)9-3-2-4-9/h5-7,9H,2-4H2,1H3. The molecular formula is C12H13IO. The highest BCUT2D eigenvalue weighted by atomic mass is 127. The molecule has 0 radical (unpaired) electrons. The number of ketones is 1. The van der Waals surface area contributed by atoms with E-state index in [9.17, 15) is 4.79 Å². The second-order valence-corrected chi connectivity index (χ2v) is 5.20. The molecule has 1 saturated carbocycles. The van der Waals surface area contributed by atoms with Crippen LogP contribution in [0, 0.1) is 16.4 Å². The summed E-state index contributed by atoms with van der Waals surface area (Å²) in [5.41, 5.74) is 2.05. The molecule has 1 aromatic carbocycles. The predicted molar refractivity (Wildman–Crippen MR) is 65.6 cm³/mol. The molecule has 2 heteroatoms. The highest BCUT2D eigenvalue weighted by Gasteiger charge is 2.26. The molecule has 0 heterocycles. The number of rotatable bonds is 2. The molecule has 0 spiro atoms. The minimum atomic E-state index is 0.314. The lowest BCUT2D eigenvalue weighted by atomic mass is 9.79. The predicted octanol–water partition coefficient (Wildman–Crippen LogP) is 3.58. The Morgan fingerprint density at radius 2 is 2.14 bits per heavy atom. The quantitative estimate of drug-likeness (QED) is 0.602. The van der Waals surface area contributed by atoms with E-state index >= 15 is 0 Å². The molecule has 0 bridgehead atoms. The molecule has 0 aromatic heterocycles. The van der Waals surface area contributed by atoms with Crippen LogP contribution in [0.15, 0.2) is 18.2 Å². The Kier molecular flexibility index (Phi) is 2.91. The van der Waals surface area contributed by atoms with Gasteiger partial charge in [-0.05, 0) is 60.1 Å². The van der Waals surface area contributed by atoms with Crippen molar-refractivity contribution in [3.8, 4) is 0 Å². The molecule has 74 valence electrons. The van der Waals surface area contributed by atoms with Crippen LogP contribution in [0.4, 0.5) is 0 Å². The van der Waals surface area contributed by atoms with Crippen molar-refractivity contribution in [1.82, 2.24) is 0 Å². The van der Waals surface area contributed by atoms with Crippen molar-refractivity contribution in [2.45, 2.75) is 26.2 Å². The molecule has 0 atom stereocenters. The van der Waals surface area contributed by atoms with E-state index in [1.807, 2.05) is 19.1 Å². The maximum Gasteiger partial charge on any atom is 0.166 e. The van der Waals surface area contributed by atoms with E-state index in [1.54, 1.807) is 0 Å². The Balaban J connectivity index is 2.26. The van der Waals surface area contributed by atoms with E-state index in [0.717, 1.165) is 24.0 Å². The second-order valence-electron chi connectivity index (χ2n) is 3.95. The summed E-state index contributed by atoms with van der Waals surface area (Å²) < 4.78 is 1.20. The fourth-order valence-electron chi connectivity index (χ4n) is 1.79. The average molecular weight is 300 g/mol. The molecule has 0 N–H and O–H groups in total. The van der Waals surface area contributed by atoms with Gasteiger partial charge in [0.15, 0.2) is 5.78 Å². The zero-order chi connectivity index (χ0) is 10.1. The maximum absolute atomic E-state index is 12.0. The SMILES string of the molecule is Cc1cc(I)ccc1C(=O)C1CCC1. The molecule has 1 fully saturated rings. The summed E-state index contributed by atoms with van der Waals surface area (Å²) in [5, 5.41) is 0. The van der Waals surface area contributed by atoms with Crippen molar-refractivity contribution in [2.75, 3.05) is 0 Å². The number of aryl methyl sites for hydroxylation is 1. The van der Waals surface area contributed by atoms with Gasteiger partial charge in [0.05, 0.1) is 0 Å². The summed E-state index contributed by atoms with van der Waals surface area (Å²) in [7, 11) is 0. The third-order valence-corrected chi connectivity index (χ3v) is 3.60. The summed E-state index contributed by atoms with van der Waals surface area (Å²) in [6.45, 7) is 2.02. The van der Waals surface area contributed by atoms with Gasteiger partial charge in [-0.25, -0.2) is 0 Å². The summed E-state index contributed by atoms with van der Waals surface area (Å²) in [4.78, 5) is 12.0. The van der Waals surface area contributed by atoms with E-state index in [1.165, 1.54) is 9.99 Å². The largest absolute Gasteiger partial charge is 0.294 e. The van der Waals surface area contributed by atoms with Gasteiger partial charge in [0.2, 0.25) is 0 Å². The second kappa shape index (κ2) is 4.01. The zero-order valence-electron chi connectivity index (χ0n) is 8.22. The summed E-state index contributed by atoms with van der Waals surface area (Å²) in [6.07, 6.45) is 3.40. The normalized spacial score (nSPS) is 16.4. The smallest absolute Gasteiger partial charge is 0.166 e. The number of carbonyl (C=O) groups is 1. The van der Waals surface area contributed by atoms with Crippen LogP contribution >= 0.6 is 22.6 Å². The zero-order valence-corrected chi connectivity index (χ0v) is 10.4. The molecule has 14 heavy (non-hydrogen) atoms. The summed E-state index contributed by atoms with van der Waals surface area (Å²) in [5.74, 6) is 0.666. The van der Waals surface area contributed by atoms with E-state index in [0.29, 0.717) is 11.7 Å². The van der Waals surface area contributed by atoms with Gasteiger partial charge >= 0.3 is 0 Å². The third kappa shape index (κ3) is 1.85. The Bertz CT molecular complexity index is 367. The minimum Gasteiger partial charge on any atom is -0.294 e. The molecule has 1 aliphatic carbocycles. The van der Waals surface area contributed by atoms with Crippen molar-refractivity contribution in [3.63, 3.8) is 0 Å². The summed E-state index contributed by atoms with van der Waals surface area (Å²) in [6, 6.07) is 6.06. The average Bonchev–Trinajstić information content (AvgIpc) is 2.00. The van der Waals surface area contributed by atoms with Crippen molar-refractivity contribution >= 4 is 28.4 Å². The molecular weight excluding hydrogens is 287 g/mol. The van der Waals surface area contributed by atoms with Gasteiger partial charge in [0.25, 0.3) is 0 Å². The number of Topliss-reactive ketones (excluding diaryl/α,β-unsaturated/α-hetero) is 1. The molecule has 1 aliphatic rings. The van der Waals surface area contributed by atoms with Crippen molar-refractivity contribution in [3.05, 3.63) is 32.9 Å². The van der Waals surface area contributed by atoms with Crippen molar-refractivity contribution < 1.29 is 4.79 Å². The van der Waals surface area contributed by atoms with Crippen LogP contribution in [-0.4, -0.2) is 5.78 Å². The molecule has 1 nitrogen and oxygen atoms in total. The number of hydrogen-bond donors (Lipinski definition) is 0. The van der Waals surface area contributed by atoms with Crippen molar-refractivity contribution in [1.29, 1.82) is 0 Å². The van der Waals surface area contributed by atoms with E-state index in [2.05, 4.69) is 28.7 Å². The Hall–Kier alpha value is -0.380. The number of halogens is 1. The van der Waals surface area contributed by atoms with Crippen LogP contribution in [0.25, 0.3) is 0 Å². The number of carbonyl (C=O) groups excluding carboxylic acids is 1. The highest BCUT2D eigenvalue weighted by Crippen LogP contribution is 2.30. The Labute approximate surface area is 98.0 Å². The van der Waals surface area contributed by atoms with Gasteiger partial charge in [-0.3, -0.25) is 4.79 Å². The van der Waals surface area contributed by atoms with Gasteiger partial charge in [-0.1, -0.05) is 12.5 Å². The third-order valence-electron chi connectivity index (χ3n) is 2.93. The first kappa shape index (κ1) is 10.1. The minimum absolute atomic E-state index is 0.314. The lowest BCUT2D eigenvalue weighted by Gasteiger charge is -2.24. The number of hydrogen-bond acceptors (Lipinski definition) is 1. The van der Waals surface area contributed by atoms with Gasteiger partial charge in [-0.2, -0.15) is 0 Å². The maximum atomic E-state index is 12.0. The first-order valence-corrected chi connectivity index (χ1v) is 6.07. The fourth-order valence-corrected chi connectivity index (χ4v) is 2.44. The lowest BCUT2D eigenvalue weighted by molar-refractivity contribution is 0.0854. The van der Waals surface area contributed by atoms with Crippen LogP contribution in [0.2, 0.25) is 0 Å². The van der Waals surface area contributed by atoms with Crippen molar-refractivity contribution in [2.24, 2.45) is 5.92 Å². The monoisotopic (exact) mass is 300 g/mol. The molecule has 2 rings (SSSR count). The van der Waals surface area contributed by atoms with E-state index < -0.39 is 0 Å². The van der Waals surface area contributed by atoms with Crippen LogP contribution in [0.5, 0.6) is 0 Å². The summed E-state index contributed by atoms with van der Waals surface area (Å²) >= 11 is 2.27. The molecule has 0 unspecified atom stereocenters. The Morgan fingerprint density at radius 3 is 2.64 bits per heavy atom. The highest BCUT2D eigenvalue weighted by molar-refractivity contribution is 14.1. The molecule has 1 aromatic rings. The van der Waals surface area contributed by atoms with Gasteiger partial charge < -0.3 is 0 Å². The van der Waals surface area contributed by atoms with Gasteiger partial charge in [-0.15, -0.1) is 0 Å². The van der Waals surface area contributed by atoms with Crippen LogP contribution < -0.4 is 0 Å².